The molecule has 0 spiro atoms. The maximum atomic E-state index is 13.8. The average Bonchev–Trinajstić information content (AvgIpc) is 3.22. The van der Waals surface area contributed by atoms with E-state index in [-0.39, 0.29) is 25.9 Å². The number of aliphatic carboxylic acids is 1. The van der Waals surface area contributed by atoms with Crippen LogP contribution >= 0.6 is 0 Å². The van der Waals surface area contributed by atoms with Crippen LogP contribution in [0.3, 0.4) is 0 Å². The predicted molar refractivity (Wildman–Crippen MR) is 219 cm³/mol. The van der Waals surface area contributed by atoms with Gasteiger partial charge in [-0.15, -0.1) is 0 Å². The molecule has 0 aromatic heterocycles. The summed E-state index contributed by atoms with van der Waals surface area (Å²) in [7, 11) is 0. The van der Waals surface area contributed by atoms with E-state index in [4.69, 9.17) is 4.74 Å². The molecule has 3 amide bonds. The van der Waals surface area contributed by atoms with Crippen LogP contribution in [-0.4, -0.2) is 85.4 Å². The normalized spacial score (nSPS) is 12.9. The third kappa shape index (κ3) is 16.7. The van der Waals surface area contributed by atoms with Crippen molar-refractivity contribution in [1.29, 1.82) is 0 Å². The molecule has 0 saturated carbocycles. The molecule has 4 N–H and O–H groups in total. The lowest BCUT2D eigenvalue weighted by atomic mass is 10.1. The molecule has 4 aromatic carbocycles. The first-order valence-electron chi connectivity index (χ1n) is 18.8. The van der Waals surface area contributed by atoms with Crippen molar-refractivity contribution in [2.75, 3.05) is 19.6 Å². The standard InChI is InChI=1S/C44H50N6O6/c51-41(49-40(43(53)54)26-15-29-47-32-36-20-9-3-10-21-36)38(24-13-27-45-30-34-16-5-1-6-17-34)48-42(52)39(25-14-28-46-31-35-18-7-2-8-19-35)50-44(55)56-33-37-22-11-4-12-23-37/h1-12,16-23,30-32,38-40H,13-15,24-29,33H2,(H,48,52)(H,49,51)(H,50,55)(H,53,54)/t38-,39-,40-/m0/s1. The first-order valence-corrected chi connectivity index (χ1v) is 18.8. The molecule has 0 aliphatic rings. The molecule has 292 valence electrons. The van der Waals surface area contributed by atoms with Crippen LogP contribution in [0.2, 0.25) is 0 Å². The molecule has 4 aromatic rings. The van der Waals surface area contributed by atoms with Gasteiger partial charge in [0.2, 0.25) is 11.8 Å². The Labute approximate surface area is 328 Å². The summed E-state index contributed by atoms with van der Waals surface area (Å²) in [5, 5.41) is 18.0. The second-order valence-electron chi connectivity index (χ2n) is 13.0. The molecular formula is C44H50N6O6. The zero-order chi connectivity index (χ0) is 39.6. The van der Waals surface area contributed by atoms with Gasteiger partial charge in [-0.2, -0.15) is 0 Å². The van der Waals surface area contributed by atoms with E-state index in [9.17, 15) is 24.3 Å². The second-order valence-corrected chi connectivity index (χ2v) is 13.0. The molecular weight excluding hydrogens is 709 g/mol. The Hall–Kier alpha value is -6.43. The number of carboxylic acids is 1. The summed E-state index contributed by atoms with van der Waals surface area (Å²) in [5.41, 5.74) is 3.57. The van der Waals surface area contributed by atoms with Gasteiger partial charge >= 0.3 is 12.1 Å². The van der Waals surface area contributed by atoms with Gasteiger partial charge in [-0.25, -0.2) is 9.59 Å². The number of amides is 3. The highest BCUT2D eigenvalue weighted by Crippen LogP contribution is 2.08. The van der Waals surface area contributed by atoms with Crippen LogP contribution in [-0.2, 0) is 25.7 Å². The SMILES string of the molecule is O=C(N[C@@H](CCCN=Cc1ccccc1)C(=O)N[C@@H](CCCN=Cc1ccccc1)C(=O)N[C@@H](CCCN=Cc1ccccc1)C(=O)O)OCc1ccccc1. The number of carbonyl (C=O) groups excluding carboxylic acids is 3. The third-order valence-corrected chi connectivity index (χ3v) is 8.53. The number of benzene rings is 4. The lowest BCUT2D eigenvalue weighted by molar-refractivity contribution is -0.142. The van der Waals surface area contributed by atoms with E-state index < -0.39 is 42.0 Å². The smallest absolute Gasteiger partial charge is 0.408 e. The highest BCUT2D eigenvalue weighted by atomic mass is 16.5. The van der Waals surface area contributed by atoms with E-state index in [2.05, 4.69) is 30.9 Å². The maximum Gasteiger partial charge on any atom is 0.408 e. The molecule has 56 heavy (non-hydrogen) atoms. The van der Waals surface area contributed by atoms with Crippen LogP contribution < -0.4 is 16.0 Å². The number of carboxylic acid groups (broad SMARTS) is 1. The first-order chi connectivity index (χ1) is 27.4. The number of aliphatic imine (C=N–C) groups is 3. The fourth-order valence-corrected chi connectivity index (χ4v) is 5.53. The molecule has 0 saturated heterocycles. The van der Waals surface area contributed by atoms with Crippen molar-refractivity contribution < 1.29 is 29.0 Å². The molecule has 4 rings (SSSR count). The van der Waals surface area contributed by atoms with Crippen LogP contribution in [0.15, 0.2) is 136 Å². The minimum absolute atomic E-state index is 0.00501. The minimum Gasteiger partial charge on any atom is -0.480 e. The summed E-state index contributed by atoms with van der Waals surface area (Å²) in [4.78, 5) is 66.0. The zero-order valence-electron chi connectivity index (χ0n) is 31.4. The number of nitrogens with zero attached hydrogens (tertiary/aromatic N) is 3. The number of hydrogen-bond acceptors (Lipinski definition) is 8. The summed E-state index contributed by atoms with van der Waals surface area (Å²) < 4.78 is 5.40. The summed E-state index contributed by atoms with van der Waals surface area (Å²) >= 11 is 0. The van der Waals surface area contributed by atoms with Gasteiger partial charge in [-0.05, 0) is 60.8 Å². The number of nitrogens with one attached hydrogen (secondary N) is 3. The zero-order valence-corrected chi connectivity index (χ0v) is 31.4. The van der Waals surface area contributed by atoms with E-state index in [0.29, 0.717) is 38.9 Å². The lowest BCUT2D eigenvalue weighted by Crippen LogP contribution is -2.55. The van der Waals surface area contributed by atoms with Crippen LogP contribution in [0.25, 0.3) is 0 Å². The van der Waals surface area contributed by atoms with E-state index in [1.807, 2.05) is 121 Å². The van der Waals surface area contributed by atoms with Crippen LogP contribution in [0.1, 0.15) is 60.8 Å². The largest absolute Gasteiger partial charge is 0.480 e. The van der Waals surface area contributed by atoms with Crippen molar-refractivity contribution in [1.82, 2.24) is 16.0 Å². The molecule has 0 heterocycles. The van der Waals surface area contributed by atoms with E-state index in [0.717, 1.165) is 22.3 Å². The van der Waals surface area contributed by atoms with Crippen molar-refractivity contribution in [3.8, 4) is 0 Å². The molecule has 0 radical (unpaired) electrons. The van der Waals surface area contributed by atoms with Crippen molar-refractivity contribution in [3.05, 3.63) is 144 Å². The van der Waals surface area contributed by atoms with Crippen molar-refractivity contribution in [2.24, 2.45) is 15.0 Å². The van der Waals surface area contributed by atoms with Gasteiger partial charge in [-0.3, -0.25) is 24.6 Å². The number of alkyl carbamates (subject to hydrolysis) is 1. The predicted octanol–water partition coefficient (Wildman–Crippen LogP) is 6.03. The Kier molecular flexibility index (Phi) is 18.7. The minimum atomic E-state index is -1.20. The molecule has 0 unspecified atom stereocenters. The second kappa shape index (κ2) is 24.8. The highest BCUT2D eigenvalue weighted by Gasteiger charge is 2.29. The summed E-state index contributed by atoms with van der Waals surface area (Å²) in [6.07, 6.45) is 6.18. The molecule has 0 aliphatic heterocycles. The van der Waals surface area contributed by atoms with Gasteiger partial charge < -0.3 is 25.8 Å². The van der Waals surface area contributed by atoms with Gasteiger partial charge in [0.1, 0.15) is 24.7 Å². The molecule has 0 aliphatic carbocycles. The van der Waals surface area contributed by atoms with Crippen LogP contribution in [0.4, 0.5) is 4.79 Å². The monoisotopic (exact) mass is 758 g/mol. The Bertz CT molecular complexity index is 1860. The average molecular weight is 759 g/mol. The van der Waals surface area contributed by atoms with Crippen molar-refractivity contribution >= 4 is 42.5 Å². The fourth-order valence-electron chi connectivity index (χ4n) is 5.53. The Morgan fingerprint density at radius 1 is 0.518 bits per heavy atom. The van der Waals surface area contributed by atoms with Crippen molar-refractivity contribution in [3.63, 3.8) is 0 Å². The van der Waals surface area contributed by atoms with Crippen molar-refractivity contribution in [2.45, 2.75) is 63.3 Å². The summed E-state index contributed by atoms with van der Waals surface area (Å²) in [6.45, 7) is 1.13. The fraction of sp³-hybridized carbons (Fsp3) is 0.295. The van der Waals surface area contributed by atoms with E-state index >= 15 is 0 Å². The number of hydrogen-bond donors (Lipinski definition) is 4. The van der Waals surface area contributed by atoms with E-state index in [1.54, 1.807) is 18.6 Å². The Balaban J connectivity index is 1.41. The lowest BCUT2D eigenvalue weighted by Gasteiger charge is -2.24. The number of ether oxygens (including phenoxy) is 1. The maximum absolute atomic E-state index is 13.8. The Morgan fingerprint density at radius 2 is 0.875 bits per heavy atom. The number of rotatable bonds is 23. The first kappa shape index (κ1) is 42.3. The molecule has 12 nitrogen and oxygen atoms in total. The summed E-state index contributed by atoms with van der Waals surface area (Å²) in [6, 6.07) is 34.5. The molecule has 3 atom stereocenters. The number of carbonyl (C=O) groups is 4. The molecule has 0 bridgehead atoms. The molecule has 12 heteroatoms. The highest BCUT2D eigenvalue weighted by molar-refractivity contribution is 5.93. The van der Waals surface area contributed by atoms with Crippen LogP contribution in [0, 0.1) is 0 Å². The van der Waals surface area contributed by atoms with Crippen LogP contribution in [0.5, 0.6) is 0 Å². The quantitative estimate of drug-likeness (QED) is 0.0532. The van der Waals surface area contributed by atoms with Gasteiger partial charge in [0.15, 0.2) is 0 Å². The molecule has 0 fully saturated rings. The van der Waals surface area contributed by atoms with Gasteiger partial charge in [0, 0.05) is 38.3 Å². The van der Waals surface area contributed by atoms with Gasteiger partial charge in [-0.1, -0.05) is 121 Å². The summed E-state index contributed by atoms with van der Waals surface area (Å²) in [5.74, 6) is -2.45. The van der Waals surface area contributed by atoms with Gasteiger partial charge in [0.25, 0.3) is 0 Å². The van der Waals surface area contributed by atoms with E-state index in [1.165, 1.54) is 0 Å². The Morgan fingerprint density at radius 3 is 1.29 bits per heavy atom. The van der Waals surface area contributed by atoms with Gasteiger partial charge in [0.05, 0.1) is 0 Å². The topological polar surface area (TPSA) is 171 Å². The third-order valence-electron chi connectivity index (χ3n) is 8.53.